The van der Waals surface area contributed by atoms with Gasteiger partial charge in [-0.05, 0) is 43.9 Å². The first kappa shape index (κ1) is 20.0. The summed E-state index contributed by atoms with van der Waals surface area (Å²) >= 11 is 6.06. The molecule has 1 aromatic carbocycles. The van der Waals surface area contributed by atoms with Crippen LogP contribution in [0.15, 0.2) is 22.6 Å². The van der Waals surface area contributed by atoms with Crippen molar-refractivity contribution < 1.29 is 13.9 Å². The van der Waals surface area contributed by atoms with E-state index in [4.69, 9.17) is 20.8 Å². The fraction of sp³-hybridized carbons (Fsp3) is 0.571. The molecule has 1 unspecified atom stereocenters. The highest BCUT2D eigenvalue weighted by atomic mass is 35.5. The van der Waals surface area contributed by atoms with Gasteiger partial charge in [0.05, 0.1) is 18.7 Å². The fourth-order valence-electron chi connectivity index (χ4n) is 4.26. The van der Waals surface area contributed by atoms with Crippen LogP contribution in [-0.4, -0.2) is 41.3 Å². The lowest BCUT2D eigenvalue weighted by atomic mass is 9.89. The minimum absolute atomic E-state index is 0.0700. The molecular weight excluding hydrogens is 392 g/mol. The summed E-state index contributed by atoms with van der Waals surface area (Å²) in [5, 5.41) is 12.1. The molecule has 2 aliphatic rings. The van der Waals surface area contributed by atoms with Crippen LogP contribution in [0.5, 0.6) is 5.75 Å². The molecule has 29 heavy (non-hydrogen) atoms. The number of benzene rings is 1. The van der Waals surface area contributed by atoms with Gasteiger partial charge in [-0.25, -0.2) is 4.79 Å². The Morgan fingerprint density at radius 1 is 1.14 bits per heavy atom. The molecule has 1 saturated carbocycles. The SMILES string of the molecule is COc1ccc(Cl)cc1NC(=O)N1CCCC(c2nnc(C3CCCCC3)o2)C1. The summed E-state index contributed by atoms with van der Waals surface area (Å²) in [5.41, 5.74) is 0.560. The number of nitrogens with one attached hydrogen (secondary N) is 1. The maximum atomic E-state index is 12.8. The van der Waals surface area contributed by atoms with Crippen LogP contribution < -0.4 is 10.1 Å². The lowest BCUT2D eigenvalue weighted by Crippen LogP contribution is -2.41. The molecule has 2 fully saturated rings. The minimum Gasteiger partial charge on any atom is -0.495 e. The molecule has 156 valence electrons. The van der Waals surface area contributed by atoms with Crippen molar-refractivity contribution in [2.75, 3.05) is 25.5 Å². The Balaban J connectivity index is 1.41. The van der Waals surface area contributed by atoms with Crippen molar-refractivity contribution in [3.05, 3.63) is 35.0 Å². The largest absolute Gasteiger partial charge is 0.495 e. The molecule has 0 bridgehead atoms. The molecule has 7 nitrogen and oxygen atoms in total. The van der Waals surface area contributed by atoms with Crippen LogP contribution in [0.1, 0.15) is 68.6 Å². The van der Waals surface area contributed by atoms with Gasteiger partial charge < -0.3 is 19.4 Å². The molecule has 1 N–H and O–H groups in total. The number of ether oxygens (including phenoxy) is 1. The fourth-order valence-corrected chi connectivity index (χ4v) is 4.43. The standard InChI is InChI=1S/C21H27ClN4O3/c1-28-18-10-9-16(22)12-17(18)23-21(27)26-11-5-8-15(13-26)20-25-24-19(29-20)14-6-3-2-4-7-14/h9-10,12,14-15H,2-8,11,13H2,1H3,(H,23,27). The first-order valence-electron chi connectivity index (χ1n) is 10.4. The average molecular weight is 419 g/mol. The Labute approximate surface area is 175 Å². The van der Waals surface area contributed by atoms with Crippen LogP contribution in [-0.2, 0) is 0 Å². The van der Waals surface area contributed by atoms with Gasteiger partial charge in [0, 0.05) is 24.0 Å². The second-order valence-electron chi connectivity index (χ2n) is 7.87. The van der Waals surface area contributed by atoms with Gasteiger partial charge in [0.25, 0.3) is 0 Å². The van der Waals surface area contributed by atoms with Crippen LogP contribution in [0.25, 0.3) is 0 Å². The van der Waals surface area contributed by atoms with Gasteiger partial charge in [-0.3, -0.25) is 0 Å². The van der Waals surface area contributed by atoms with Crippen molar-refractivity contribution in [2.45, 2.75) is 56.8 Å². The van der Waals surface area contributed by atoms with Crippen LogP contribution in [0.4, 0.5) is 10.5 Å². The zero-order valence-electron chi connectivity index (χ0n) is 16.7. The minimum atomic E-state index is -0.178. The molecule has 0 spiro atoms. The molecule has 1 saturated heterocycles. The molecule has 2 amide bonds. The van der Waals surface area contributed by atoms with Crippen LogP contribution in [0.2, 0.25) is 5.02 Å². The first-order valence-corrected chi connectivity index (χ1v) is 10.7. The molecular formula is C21H27ClN4O3. The van der Waals surface area contributed by atoms with E-state index in [0.29, 0.717) is 41.4 Å². The van der Waals surface area contributed by atoms with Gasteiger partial charge in [0.15, 0.2) is 0 Å². The third kappa shape index (κ3) is 4.66. The molecule has 1 aliphatic carbocycles. The highest BCUT2D eigenvalue weighted by molar-refractivity contribution is 6.31. The molecule has 1 atom stereocenters. The van der Waals surface area contributed by atoms with Crippen molar-refractivity contribution in [3.63, 3.8) is 0 Å². The summed E-state index contributed by atoms with van der Waals surface area (Å²) in [6.07, 6.45) is 7.84. The van der Waals surface area contributed by atoms with Gasteiger partial charge in [0.2, 0.25) is 11.8 Å². The third-order valence-electron chi connectivity index (χ3n) is 5.87. The van der Waals surface area contributed by atoms with Crippen molar-refractivity contribution in [1.29, 1.82) is 0 Å². The van der Waals surface area contributed by atoms with Gasteiger partial charge in [-0.1, -0.05) is 30.9 Å². The monoisotopic (exact) mass is 418 g/mol. The summed E-state index contributed by atoms with van der Waals surface area (Å²) in [6, 6.07) is 4.98. The molecule has 0 radical (unpaired) electrons. The topological polar surface area (TPSA) is 80.5 Å². The third-order valence-corrected chi connectivity index (χ3v) is 6.11. The number of rotatable bonds is 4. The van der Waals surface area contributed by atoms with Crippen molar-refractivity contribution >= 4 is 23.3 Å². The average Bonchev–Trinajstić information content (AvgIpc) is 3.25. The van der Waals surface area contributed by atoms with Gasteiger partial charge in [-0.2, -0.15) is 0 Å². The van der Waals surface area contributed by atoms with Crippen LogP contribution in [0, 0.1) is 0 Å². The Morgan fingerprint density at radius 3 is 2.62 bits per heavy atom. The number of halogens is 1. The van der Waals surface area contributed by atoms with E-state index in [1.807, 2.05) is 0 Å². The molecule has 1 aromatic heterocycles. The van der Waals surface area contributed by atoms with E-state index in [0.717, 1.165) is 31.6 Å². The summed E-state index contributed by atoms with van der Waals surface area (Å²) in [6.45, 7) is 1.25. The maximum absolute atomic E-state index is 12.8. The van der Waals surface area contributed by atoms with Gasteiger partial charge in [-0.15, -0.1) is 10.2 Å². The summed E-state index contributed by atoms with van der Waals surface area (Å²) in [5.74, 6) is 2.46. The van der Waals surface area contributed by atoms with Gasteiger partial charge in [0.1, 0.15) is 5.75 Å². The van der Waals surface area contributed by atoms with Crippen LogP contribution in [0.3, 0.4) is 0 Å². The van der Waals surface area contributed by atoms with Crippen molar-refractivity contribution in [3.8, 4) is 5.75 Å². The molecule has 4 rings (SSSR count). The number of likely N-dealkylation sites (tertiary alicyclic amines) is 1. The second kappa shape index (κ2) is 9.03. The van der Waals surface area contributed by atoms with E-state index >= 15 is 0 Å². The zero-order chi connectivity index (χ0) is 20.2. The number of carbonyl (C=O) groups excluding carboxylic acids is 1. The number of hydrogen-bond donors (Lipinski definition) is 1. The molecule has 2 aromatic rings. The Kier molecular flexibility index (Phi) is 6.23. The predicted molar refractivity (Wildman–Crippen MR) is 111 cm³/mol. The molecule has 1 aliphatic heterocycles. The summed E-state index contributed by atoms with van der Waals surface area (Å²) < 4.78 is 11.4. The Morgan fingerprint density at radius 2 is 1.86 bits per heavy atom. The molecule has 2 heterocycles. The van der Waals surface area contributed by atoms with Gasteiger partial charge >= 0.3 is 6.03 Å². The number of aromatic nitrogens is 2. The lowest BCUT2D eigenvalue weighted by molar-refractivity contribution is 0.185. The number of piperidine rings is 1. The normalized spacial score (nSPS) is 20.5. The quantitative estimate of drug-likeness (QED) is 0.738. The summed E-state index contributed by atoms with van der Waals surface area (Å²) in [4.78, 5) is 14.6. The van der Waals surface area contributed by atoms with E-state index in [2.05, 4.69) is 15.5 Å². The van der Waals surface area contributed by atoms with E-state index in [9.17, 15) is 4.79 Å². The number of urea groups is 1. The molecule has 8 heteroatoms. The highest BCUT2D eigenvalue weighted by Crippen LogP contribution is 2.34. The zero-order valence-corrected chi connectivity index (χ0v) is 17.5. The number of methoxy groups -OCH3 is 1. The number of carbonyl (C=O) groups is 1. The predicted octanol–water partition coefficient (Wildman–Crippen LogP) is 5.19. The van der Waals surface area contributed by atoms with E-state index in [-0.39, 0.29) is 11.9 Å². The Bertz CT molecular complexity index is 850. The van der Waals surface area contributed by atoms with E-state index in [1.54, 1.807) is 30.2 Å². The maximum Gasteiger partial charge on any atom is 0.321 e. The number of amides is 2. The smallest absolute Gasteiger partial charge is 0.321 e. The van der Waals surface area contributed by atoms with E-state index < -0.39 is 0 Å². The number of hydrogen-bond acceptors (Lipinski definition) is 5. The number of anilines is 1. The number of nitrogens with zero attached hydrogens (tertiary/aromatic N) is 3. The lowest BCUT2D eigenvalue weighted by Gasteiger charge is -2.31. The Hall–Kier alpha value is -2.28. The second-order valence-corrected chi connectivity index (χ2v) is 8.31. The van der Waals surface area contributed by atoms with Crippen LogP contribution >= 0.6 is 11.6 Å². The van der Waals surface area contributed by atoms with E-state index in [1.165, 1.54) is 19.3 Å². The first-order chi connectivity index (χ1) is 14.1. The summed E-state index contributed by atoms with van der Waals surface area (Å²) in [7, 11) is 1.56. The van der Waals surface area contributed by atoms with Crippen molar-refractivity contribution in [1.82, 2.24) is 15.1 Å². The highest BCUT2D eigenvalue weighted by Gasteiger charge is 2.30. The van der Waals surface area contributed by atoms with Crippen molar-refractivity contribution in [2.24, 2.45) is 0 Å².